The summed E-state index contributed by atoms with van der Waals surface area (Å²) in [6.07, 6.45) is 6.24. The van der Waals surface area contributed by atoms with Crippen LogP contribution < -0.4 is 5.32 Å². The number of hydrogen-bond acceptors (Lipinski definition) is 4. The van der Waals surface area contributed by atoms with Crippen LogP contribution in [0.2, 0.25) is 0 Å². The second-order valence-corrected chi connectivity index (χ2v) is 9.62. The molecule has 1 aromatic heterocycles. The molecule has 1 fully saturated rings. The minimum atomic E-state index is -0.199. The van der Waals surface area contributed by atoms with Gasteiger partial charge < -0.3 is 10.1 Å². The zero-order valence-electron chi connectivity index (χ0n) is 13.8. The Balaban J connectivity index is 1.99. The van der Waals surface area contributed by atoms with E-state index in [-0.39, 0.29) is 5.97 Å². The number of hydrogen-bond donors (Lipinski definition) is 1. The molecule has 1 aliphatic heterocycles. The largest absolute Gasteiger partial charge is 0.465 e. The number of ether oxygens (including phenoxy) is 1. The summed E-state index contributed by atoms with van der Waals surface area (Å²) in [5.41, 5.74) is 4.08. The molecule has 2 aliphatic rings. The van der Waals surface area contributed by atoms with Crippen LogP contribution in [0.5, 0.6) is 0 Å². The Morgan fingerprint density at radius 3 is 2.78 bits per heavy atom. The average molecular weight is 445 g/mol. The lowest BCUT2D eigenvalue weighted by molar-refractivity contribution is 0.0606. The third kappa shape index (κ3) is 3.82. The first-order valence-electron chi connectivity index (χ1n) is 8.40. The highest BCUT2D eigenvalue weighted by Crippen LogP contribution is 2.40. The van der Waals surface area contributed by atoms with E-state index in [0.717, 1.165) is 38.8 Å². The van der Waals surface area contributed by atoms with Crippen molar-refractivity contribution < 1.29 is 9.53 Å². The Kier molecular flexibility index (Phi) is 5.80. The van der Waals surface area contributed by atoms with Gasteiger partial charge in [0.2, 0.25) is 0 Å². The Labute approximate surface area is 156 Å². The summed E-state index contributed by atoms with van der Waals surface area (Å²) >= 11 is 3.86. The highest BCUT2D eigenvalue weighted by Gasteiger charge is 2.28. The van der Waals surface area contributed by atoms with Gasteiger partial charge >= 0.3 is 5.97 Å². The second kappa shape index (κ2) is 7.66. The number of carbonyl (C=O) groups is 1. The number of esters is 1. The van der Waals surface area contributed by atoms with E-state index in [2.05, 4.69) is 40.9 Å². The molecule has 0 unspecified atom stereocenters. The van der Waals surface area contributed by atoms with E-state index in [0.29, 0.717) is 5.92 Å². The van der Waals surface area contributed by atoms with E-state index in [1.54, 1.807) is 16.9 Å². The molecule has 3 rings (SSSR count). The summed E-state index contributed by atoms with van der Waals surface area (Å²) in [7, 11) is 1.47. The van der Waals surface area contributed by atoms with Crippen LogP contribution in [-0.4, -0.2) is 26.2 Å². The number of carbonyl (C=O) groups excluding carboxylic acids is 1. The van der Waals surface area contributed by atoms with Gasteiger partial charge in [0.05, 0.1) is 9.99 Å². The summed E-state index contributed by atoms with van der Waals surface area (Å²) in [6, 6.07) is 2.17. The smallest absolute Gasteiger partial charge is 0.348 e. The third-order valence-corrected chi connectivity index (χ3v) is 7.04. The van der Waals surface area contributed by atoms with Crippen LogP contribution in [0, 0.1) is 14.7 Å². The maximum absolute atomic E-state index is 12.2. The summed E-state index contributed by atoms with van der Waals surface area (Å²) in [6.45, 7) is 4.33. The Hall–Kier alpha value is -0.400. The molecular weight excluding hydrogens is 421 g/mol. The first kappa shape index (κ1) is 17.4. The molecule has 0 radical (unpaired) electrons. The molecule has 23 heavy (non-hydrogen) atoms. The molecule has 0 bridgehead atoms. The van der Waals surface area contributed by atoms with Gasteiger partial charge in [-0.1, -0.05) is 19.8 Å². The van der Waals surface area contributed by atoms with Crippen LogP contribution in [0.3, 0.4) is 0 Å². The normalized spacial score (nSPS) is 25.5. The van der Waals surface area contributed by atoms with Crippen molar-refractivity contribution in [2.75, 3.05) is 20.2 Å². The molecule has 1 aromatic rings. The first-order valence-corrected chi connectivity index (χ1v) is 10.3. The van der Waals surface area contributed by atoms with Gasteiger partial charge in [0.25, 0.3) is 0 Å². The standard InChI is InChI=1S/C18H24INO2S/c1-11-3-5-12(6-4-11)15-10-20-8-7-13(15)14-9-16(19)23-17(14)18(21)22-2/h9,11-12,20H,3-8,10H2,1-2H3. The molecule has 0 atom stereocenters. The molecule has 1 aliphatic carbocycles. The number of rotatable bonds is 3. The van der Waals surface area contributed by atoms with Crippen molar-refractivity contribution >= 4 is 45.5 Å². The van der Waals surface area contributed by atoms with E-state index < -0.39 is 0 Å². The van der Waals surface area contributed by atoms with E-state index in [4.69, 9.17) is 4.74 Å². The lowest BCUT2D eigenvalue weighted by Crippen LogP contribution is -2.30. The zero-order chi connectivity index (χ0) is 16.4. The highest BCUT2D eigenvalue weighted by atomic mass is 127. The Morgan fingerprint density at radius 1 is 1.35 bits per heavy atom. The van der Waals surface area contributed by atoms with Gasteiger partial charge in [-0.3, -0.25) is 0 Å². The van der Waals surface area contributed by atoms with Crippen molar-refractivity contribution in [1.29, 1.82) is 0 Å². The van der Waals surface area contributed by atoms with E-state index in [1.807, 2.05) is 0 Å². The van der Waals surface area contributed by atoms with E-state index in [1.165, 1.54) is 38.4 Å². The maximum atomic E-state index is 12.2. The Bertz CT molecular complexity index is 615. The minimum Gasteiger partial charge on any atom is -0.465 e. The molecule has 1 N–H and O–H groups in total. The topological polar surface area (TPSA) is 38.3 Å². The van der Waals surface area contributed by atoms with Crippen molar-refractivity contribution in [3.63, 3.8) is 0 Å². The first-order chi connectivity index (χ1) is 11.1. The SMILES string of the molecule is COC(=O)c1sc(I)cc1C1=C(C2CCC(C)CC2)CNCC1. The van der Waals surface area contributed by atoms with Gasteiger partial charge in [-0.15, -0.1) is 11.3 Å². The molecule has 0 saturated heterocycles. The molecule has 0 amide bonds. The molecule has 0 aromatic carbocycles. The van der Waals surface area contributed by atoms with Crippen LogP contribution in [-0.2, 0) is 4.74 Å². The molecule has 126 valence electrons. The summed E-state index contributed by atoms with van der Waals surface area (Å²) in [5.74, 6) is 1.34. The monoisotopic (exact) mass is 445 g/mol. The number of halogens is 1. The van der Waals surface area contributed by atoms with Gasteiger partial charge in [0, 0.05) is 12.1 Å². The predicted octanol–water partition coefficient (Wildman–Crippen LogP) is 4.71. The van der Waals surface area contributed by atoms with Gasteiger partial charge in [-0.2, -0.15) is 0 Å². The van der Waals surface area contributed by atoms with Gasteiger partial charge in [-0.05, 0) is 77.4 Å². The average Bonchev–Trinajstić information content (AvgIpc) is 2.96. The lowest BCUT2D eigenvalue weighted by atomic mass is 9.76. The number of methoxy groups -OCH3 is 1. The second-order valence-electron chi connectivity index (χ2n) is 6.67. The molecule has 2 heterocycles. The van der Waals surface area contributed by atoms with Crippen LogP contribution >= 0.6 is 33.9 Å². The number of thiophene rings is 1. The Morgan fingerprint density at radius 2 is 2.09 bits per heavy atom. The fraction of sp³-hybridized carbons (Fsp3) is 0.611. The van der Waals surface area contributed by atoms with Gasteiger partial charge in [0.15, 0.2) is 0 Å². The van der Waals surface area contributed by atoms with E-state index in [9.17, 15) is 4.79 Å². The van der Waals surface area contributed by atoms with Crippen molar-refractivity contribution in [3.8, 4) is 0 Å². The summed E-state index contributed by atoms with van der Waals surface area (Å²) in [4.78, 5) is 12.9. The minimum absolute atomic E-state index is 0.199. The highest BCUT2D eigenvalue weighted by molar-refractivity contribution is 14.1. The number of nitrogens with one attached hydrogen (secondary N) is 1. The fourth-order valence-electron chi connectivity index (χ4n) is 3.84. The van der Waals surface area contributed by atoms with Crippen LogP contribution in [0.4, 0.5) is 0 Å². The summed E-state index contributed by atoms with van der Waals surface area (Å²) in [5, 5.41) is 3.54. The summed E-state index contributed by atoms with van der Waals surface area (Å²) < 4.78 is 6.16. The lowest BCUT2D eigenvalue weighted by Gasteiger charge is -2.32. The maximum Gasteiger partial charge on any atom is 0.348 e. The van der Waals surface area contributed by atoms with Crippen LogP contribution in [0.1, 0.15) is 54.3 Å². The van der Waals surface area contributed by atoms with Crippen molar-refractivity contribution in [2.45, 2.75) is 39.0 Å². The van der Waals surface area contributed by atoms with Crippen LogP contribution in [0.25, 0.3) is 5.57 Å². The quantitative estimate of drug-likeness (QED) is 0.541. The predicted molar refractivity (Wildman–Crippen MR) is 104 cm³/mol. The molecule has 5 heteroatoms. The third-order valence-electron chi connectivity index (χ3n) is 5.16. The molecule has 0 spiro atoms. The molecule has 1 saturated carbocycles. The van der Waals surface area contributed by atoms with E-state index >= 15 is 0 Å². The van der Waals surface area contributed by atoms with Crippen LogP contribution in [0.15, 0.2) is 11.6 Å². The van der Waals surface area contributed by atoms with Gasteiger partial charge in [0.1, 0.15) is 4.88 Å². The zero-order valence-corrected chi connectivity index (χ0v) is 16.8. The van der Waals surface area contributed by atoms with Crippen molar-refractivity contribution in [1.82, 2.24) is 5.32 Å². The molecule has 3 nitrogen and oxygen atoms in total. The van der Waals surface area contributed by atoms with Crippen molar-refractivity contribution in [2.24, 2.45) is 11.8 Å². The fourth-order valence-corrected chi connectivity index (χ4v) is 5.64. The molecular formula is C18H24INO2S. The van der Waals surface area contributed by atoms with Gasteiger partial charge in [-0.25, -0.2) is 4.79 Å². The van der Waals surface area contributed by atoms with Crippen molar-refractivity contribution in [3.05, 3.63) is 25.0 Å².